The second-order valence-corrected chi connectivity index (χ2v) is 17.5. The van der Waals surface area contributed by atoms with Gasteiger partial charge in [-0.1, -0.05) is 37.6 Å². The minimum absolute atomic E-state index is 0.112. The number of halogens is 1. The zero-order chi connectivity index (χ0) is 42.5. The van der Waals surface area contributed by atoms with E-state index in [1.807, 2.05) is 25.1 Å². The molecule has 9 atom stereocenters. The molecule has 13 nitrogen and oxygen atoms in total. The van der Waals surface area contributed by atoms with E-state index in [0.29, 0.717) is 85.3 Å². The zero-order valence-electron chi connectivity index (χ0n) is 35.0. The van der Waals surface area contributed by atoms with Crippen molar-refractivity contribution < 1.29 is 47.6 Å². The summed E-state index contributed by atoms with van der Waals surface area (Å²) in [6.07, 6.45) is 7.78. The Bertz CT molecular complexity index is 2380. The summed E-state index contributed by atoms with van der Waals surface area (Å²) in [5, 5.41) is 14.0. The molecule has 1 aliphatic carbocycles. The molecule has 1 aromatic heterocycles. The molecule has 1 saturated carbocycles. The fourth-order valence-corrected chi connectivity index (χ4v) is 12.9. The minimum atomic E-state index is -2.54. The smallest absolute Gasteiger partial charge is 0.344 e. The van der Waals surface area contributed by atoms with E-state index in [4.69, 9.17) is 18.9 Å². The average Bonchev–Trinajstić information content (AvgIpc) is 3.92. The van der Waals surface area contributed by atoms with Crippen molar-refractivity contribution in [2.75, 3.05) is 59.0 Å². The van der Waals surface area contributed by atoms with Crippen molar-refractivity contribution in [3.05, 3.63) is 82.3 Å². The van der Waals surface area contributed by atoms with Gasteiger partial charge < -0.3 is 33.9 Å². The van der Waals surface area contributed by atoms with Crippen molar-refractivity contribution in [2.45, 2.75) is 87.5 Å². The molecular formula is C46H53FN4O9. The van der Waals surface area contributed by atoms with Crippen LogP contribution < -0.4 is 9.64 Å². The van der Waals surface area contributed by atoms with Crippen LogP contribution in [0.3, 0.4) is 0 Å². The van der Waals surface area contributed by atoms with Gasteiger partial charge in [0.25, 0.3) is 0 Å². The average molecular weight is 825 g/mol. The van der Waals surface area contributed by atoms with Crippen LogP contribution in [-0.2, 0) is 50.6 Å². The highest BCUT2D eigenvalue weighted by Crippen LogP contribution is 2.68. The number of carbonyl (C=O) groups excluding carboxylic acids is 4. The maximum Gasteiger partial charge on any atom is 0.344 e. The molecule has 6 aliphatic rings. The third kappa shape index (κ3) is 5.19. The first-order valence-electron chi connectivity index (χ1n) is 21.0. The molecule has 1 amide bonds. The fourth-order valence-electron chi connectivity index (χ4n) is 12.9. The molecule has 2 bridgehead atoms. The number of aromatic nitrogens is 1. The number of benzene rings is 2. The summed E-state index contributed by atoms with van der Waals surface area (Å²) < 4.78 is 38.8. The van der Waals surface area contributed by atoms with E-state index in [0.717, 1.165) is 18.5 Å². The zero-order valence-corrected chi connectivity index (χ0v) is 35.0. The molecule has 3 aromatic rings. The number of anilines is 1. The summed E-state index contributed by atoms with van der Waals surface area (Å²) in [7, 11) is 4.04. The first-order chi connectivity index (χ1) is 28.8. The molecule has 6 heterocycles. The normalized spacial score (nSPS) is 33.9. The number of esters is 3. The number of hydrogen-bond acceptors (Lipinski definition) is 11. The van der Waals surface area contributed by atoms with Crippen LogP contribution in [0.5, 0.6) is 5.75 Å². The van der Waals surface area contributed by atoms with Gasteiger partial charge in [0.05, 0.1) is 33.1 Å². The van der Waals surface area contributed by atoms with Gasteiger partial charge in [0, 0.05) is 78.2 Å². The molecule has 9 rings (SSSR count). The van der Waals surface area contributed by atoms with Crippen molar-refractivity contribution in [2.24, 2.45) is 11.3 Å². The monoisotopic (exact) mass is 824 g/mol. The van der Waals surface area contributed by atoms with E-state index in [2.05, 4.69) is 27.8 Å². The molecule has 2 N–H and O–H groups in total. The van der Waals surface area contributed by atoms with Crippen LogP contribution in [0.2, 0.25) is 0 Å². The van der Waals surface area contributed by atoms with Crippen molar-refractivity contribution in [3.8, 4) is 5.75 Å². The molecule has 14 heteroatoms. The molecule has 1 saturated heterocycles. The lowest BCUT2D eigenvalue weighted by Crippen LogP contribution is -2.81. The van der Waals surface area contributed by atoms with Gasteiger partial charge in [-0.2, -0.15) is 0 Å². The Balaban J connectivity index is 1.39. The Kier molecular flexibility index (Phi) is 9.60. The van der Waals surface area contributed by atoms with Gasteiger partial charge in [-0.3, -0.25) is 24.2 Å². The van der Waals surface area contributed by atoms with Gasteiger partial charge in [0.1, 0.15) is 17.0 Å². The molecule has 60 heavy (non-hydrogen) atoms. The van der Waals surface area contributed by atoms with Gasteiger partial charge in [-0.15, -0.1) is 0 Å². The maximum absolute atomic E-state index is 15.3. The Morgan fingerprint density at radius 3 is 2.50 bits per heavy atom. The van der Waals surface area contributed by atoms with Crippen LogP contribution in [0.25, 0.3) is 10.9 Å². The lowest BCUT2D eigenvalue weighted by molar-refractivity contribution is -0.228. The predicted octanol–water partition coefficient (Wildman–Crippen LogP) is 4.46. The molecule has 1 unspecified atom stereocenters. The molecular weight excluding hydrogens is 772 g/mol. The molecule has 0 radical (unpaired) electrons. The van der Waals surface area contributed by atoms with Crippen molar-refractivity contribution in [3.63, 3.8) is 0 Å². The maximum atomic E-state index is 15.3. The van der Waals surface area contributed by atoms with Crippen LogP contribution in [-0.4, -0.2) is 122 Å². The van der Waals surface area contributed by atoms with Crippen molar-refractivity contribution in [1.82, 2.24) is 14.8 Å². The van der Waals surface area contributed by atoms with Gasteiger partial charge in [-0.25, -0.2) is 9.18 Å². The fraction of sp³-hybridized carbons (Fsp3) is 0.522. The number of H-pyrrole nitrogens is 1. The first-order valence-corrected chi connectivity index (χ1v) is 21.0. The third-order valence-corrected chi connectivity index (χ3v) is 15.0. The van der Waals surface area contributed by atoms with E-state index in [1.165, 1.54) is 50.9 Å². The Hall–Kier alpha value is -5.05. The third-order valence-electron chi connectivity index (χ3n) is 15.0. The van der Waals surface area contributed by atoms with Crippen molar-refractivity contribution in [1.29, 1.82) is 0 Å². The number of aliphatic hydroxyl groups is 1. The van der Waals surface area contributed by atoms with E-state index in [9.17, 15) is 19.5 Å². The van der Waals surface area contributed by atoms with Crippen LogP contribution in [0.15, 0.2) is 54.1 Å². The number of ether oxygens (including phenoxy) is 4. The quantitative estimate of drug-likeness (QED) is 0.144. The number of methoxy groups -OCH3 is 3. The van der Waals surface area contributed by atoms with Gasteiger partial charge >= 0.3 is 17.9 Å². The molecule has 5 aliphatic heterocycles. The SMILES string of the molecule is CCC1=C[C@@H]2CN(CCc3c([nH]c4ccc(F)cc34)[C@@](C(=O)OC)(c3cc4c(cc3OC)N(C=O)[C@H]3[C@@](O)(C(=O)OC)[C@H](OC(C)=O)[C@]5(CC)C=CCN6CC[C@]43[C@@H]65)C2)C1. The largest absolute Gasteiger partial charge is 0.496 e. The Labute approximate surface area is 348 Å². The summed E-state index contributed by atoms with van der Waals surface area (Å²) in [4.78, 5) is 66.0. The molecule has 318 valence electrons. The second-order valence-electron chi connectivity index (χ2n) is 17.5. The van der Waals surface area contributed by atoms with Crippen LogP contribution in [0.4, 0.5) is 10.1 Å². The minimum Gasteiger partial charge on any atom is -0.496 e. The summed E-state index contributed by atoms with van der Waals surface area (Å²) in [6, 6.07) is 6.49. The summed E-state index contributed by atoms with van der Waals surface area (Å²) in [5.41, 5.74) is -1.56. The van der Waals surface area contributed by atoms with E-state index in [-0.39, 0.29) is 18.1 Å². The highest BCUT2D eigenvalue weighted by atomic mass is 19.1. The first kappa shape index (κ1) is 40.4. The molecule has 2 aromatic carbocycles. The summed E-state index contributed by atoms with van der Waals surface area (Å²) >= 11 is 0. The Morgan fingerprint density at radius 2 is 1.82 bits per heavy atom. The van der Waals surface area contributed by atoms with Crippen LogP contribution in [0, 0.1) is 17.2 Å². The van der Waals surface area contributed by atoms with Crippen molar-refractivity contribution >= 4 is 40.9 Å². The predicted molar refractivity (Wildman–Crippen MR) is 219 cm³/mol. The van der Waals surface area contributed by atoms with E-state index >= 15 is 9.18 Å². The lowest BCUT2D eigenvalue weighted by Gasteiger charge is -2.63. The lowest BCUT2D eigenvalue weighted by atomic mass is 9.47. The second kappa shape index (κ2) is 14.3. The summed E-state index contributed by atoms with van der Waals surface area (Å²) in [6.45, 7) is 8.55. The van der Waals surface area contributed by atoms with Crippen LogP contribution >= 0.6 is 0 Å². The number of aromatic amines is 1. The standard InChI is InChI=1S/C46H53FN4O9/c1-7-27-18-28-22-45(41(54)58-5,37-30(12-16-49(23-27)24-28)31-19-29(47)10-11-34(31)48-37)33-20-32-35(21-36(33)57-4)51(25-52)39-44(32)14-17-50-15-9-13-43(8-2,38(44)50)40(60-26(3)53)46(39,56)42(55)59-6/h9-11,13,18-21,25,28,38-40,48,56H,7-8,12,14-17,22-24H2,1-6H3/t28-,38-,39+,40+,43+,44+,45-,46-/m0/s1. The molecule has 2 fully saturated rings. The van der Waals surface area contributed by atoms with Crippen LogP contribution in [0.1, 0.15) is 68.8 Å². The number of nitrogens with one attached hydrogen (secondary N) is 1. The number of amides is 1. The summed E-state index contributed by atoms with van der Waals surface area (Å²) in [5.74, 6) is -2.50. The van der Waals surface area contributed by atoms with Gasteiger partial charge in [-0.05, 0) is 80.0 Å². The number of nitrogens with zero attached hydrogens (tertiary/aromatic N) is 3. The number of rotatable bonds is 8. The van der Waals surface area contributed by atoms with Gasteiger partial charge in [0.2, 0.25) is 12.0 Å². The number of hydrogen-bond donors (Lipinski definition) is 2. The highest BCUT2D eigenvalue weighted by molar-refractivity contribution is 5.96. The molecule has 1 spiro atoms. The van der Waals surface area contributed by atoms with E-state index in [1.54, 1.807) is 12.1 Å². The Morgan fingerprint density at radius 1 is 1.03 bits per heavy atom. The number of carbonyl (C=O) groups is 4. The topological polar surface area (TPSA) is 151 Å². The van der Waals surface area contributed by atoms with E-state index < -0.39 is 63.8 Å². The van der Waals surface area contributed by atoms with Gasteiger partial charge in [0.15, 0.2) is 6.10 Å². The highest BCUT2D eigenvalue weighted by Gasteiger charge is 2.81. The number of fused-ring (bicyclic) bond motifs is 6.